The molecular weight excluding hydrogens is 304 g/mol. The van der Waals surface area contributed by atoms with E-state index in [1.165, 1.54) is 0 Å². The summed E-state index contributed by atoms with van der Waals surface area (Å²) in [5.41, 5.74) is 7.35. The molecule has 1 aliphatic rings. The van der Waals surface area contributed by atoms with Crippen LogP contribution < -0.4 is 11.1 Å². The van der Waals surface area contributed by atoms with Crippen LogP contribution in [0.4, 0.5) is 0 Å². The van der Waals surface area contributed by atoms with Gasteiger partial charge in [0.25, 0.3) is 0 Å². The van der Waals surface area contributed by atoms with Crippen LogP contribution in [0.1, 0.15) is 24.4 Å². The minimum atomic E-state index is 0. The lowest BCUT2D eigenvalue weighted by molar-refractivity contribution is 0.322. The minimum Gasteiger partial charge on any atom is -0.507 e. The van der Waals surface area contributed by atoms with Gasteiger partial charge in [-0.1, -0.05) is 6.07 Å². The van der Waals surface area contributed by atoms with Gasteiger partial charge in [-0.25, -0.2) is 0 Å². The van der Waals surface area contributed by atoms with E-state index in [1.54, 1.807) is 6.07 Å². The van der Waals surface area contributed by atoms with Gasteiger partial charge in [-0.05, 0) is 65.5 Å². The Hall–Kier alpha value is -0.290. The van der Waals surface area contributed by atoms with Crippen molar-refractivity contribution in [2.24, 2.45) is 11.7 Å². The van der Waals surface area contributed by atoms with Gasteiger partial charge in [0.15, 0.2) is 0 Å². The monoisotopic (exact) mass is 320 g/mol. The molecule has 0 aliphatic carbocycles. The highest BCUT2D eigenvalue weighted by Gasteiger charge is 2.21. The van der Waals surface area contributed by atoms with Gasteiger partial charge in [0.2, 0.25) is 0 Å². The van der Waals surface area contributed by atoms with Crippen molar-refractivity contribution in [1.82, 2.24) is 5.32 Å². The van der Waals surface area contributed by atoms with E-state index in [1.807, 2.05) is 12.1 Å². The molecule has 0 amide bonds. The Morgan fingerprint density at radius 1 is 1.35 bits per heavy atom. The van der Waals surface area contributed by atoms with E-state index in [4.69, 9.17) is 5.73 Å². The van der Waals surface area contributed by atoms with Gasteiger partial charge in [0, 0.05) is 6.04 Å². The number of phenols is 1. The molecule has 4 N–H and O–H groups in total. The van der Waals surface area contributed by atoms with Crippen molar-refractivity contribution in [3.05, 3.63) is 28.2 Å². The summed E-state index contributed by atoms with van der Waals surface area (Å²) in [7, 11) is 0. The molecular formula is C12H18BrClN2O. The van der Waals surface area contributed by atoms with Crippen LogP contribution in [0.25, 0.3) is 0 Å². The first kappa shape index (κ1) is 14.8. The molecule has 1 heterocycles. The Kier molecular flexibility index (Phi) is 5.73. The van der Waals surface area contributed by atoms with E-state index in [-0.39, 0.29) is 24.2 Å². The van der Waals surface area contributed by atoms with Crippen LogP contribution in [0.3, 0.4) is 0 Å². The third-order valence-electron chi connectivity index (χ3n) is 3.25. The summed E-state index contributed by atoms with van der Waals surface area (Å²) >= 11 is 3.32. The highest BCUT2D eigenvalue weighted by atomic mass is 79.9. The molecule has 1 aromatic rings. The zero-order valence-electron chi connectivity index (χ0n) is 9.53. The summed E-state index contributed by atoms with van der Waals surface area (Å²) in [5.74, 6) is 0.805. The Labute approximate surface area is 116 Å². The predicted octanol–water partition coefficient (Wildman–Crippen LogP) is 2.58. The molecule has 0 spiro atoms. The number of nitrogens with one attached hydrogen (secondary N) is 1. The lowest BCUT2D eigenvalue weighted by atomic mass is 9.86. The van der Waals surface area contributed by atoms with Crippen molar-refractivity contribution in [2.75, 3.05) is 13.1 Å². The summed E-state index contributed by atoms with van der Waals surface area (Å²) in [5, 5.41) is 12.8. The smallest absolute Gasteiger partial charge is 0.129 e. The van der Waals surface area contributed by atoms with Gasteiger partial charge in [-0.3, -0.25) is 0 Å². The maximum absolute atomic E-state index is 9.44. The Morgan fingerprint density at radius 3 is 2.59 bits per heavy atom. The molecule has 96 valence electrons. The number of hydrogen-bond acceptors (Lipinski definition) is 3. The number of benzene rings is 1. The number of hydrogen-bond donors (Lipinski definition) is 3. The lowest BCUT2D eigenvalue weighted by Gasteiger charge is -2.28. The Bertz CT molecular complexity index is 370. The molecule has 0 aromatic heterocycles. The zero-order chi connectivity index (χ0) is 11.5. The van der Waals surface area contributed by atoms with Crippen molar-refractivity contribution in [3.8, 4) is 5.75 Å². The van der Waals surface area contributed by atoms with Crippen molar-refractivity contribution >= 4 is 28.3 Å². The fraction of sp³-hybridized carbons (Fsp3) is 0.500. The van der Waals surface area contributed by atoms with Gasteiger partial charge < -0.3 is 16.2 Å². The molecule has 0 radical (unpaired) electrons. The summed E-state index contributed by atoms with van der Waals surface area (Å²) < 4.78 is 0.717. The molecule has 2 rings (SSSR count). The first-order valence-corrected chi connectivity index (χ1v) is 6.42. The molecule has 1 aromatic carbocycles. The zero-order valence-corrected chi connectivity index (χ0v) is 11.9. The Morgan fingerprint density at radius 2 is 2.00 bits per heavy atom. The second kappa shape index (κ2) is 6.59. The quantitative estimate of drug-likeness (QED) is 0.784. The largest absolute Gasteiger partial charge is 0.507 e. The van der Waals surface area contributed by atoms with E-state index < -0.39 is 0 Å². The predicted molar refractivity (Wildman–Crippen MR) is 75.6 cm³/mol. The van der Waals surface area contributed by atoms with Crippen LogP contribution in [-0.4, -0.2) is 18.2 Å². The summed E-state index contributed by atoms with van der Waals surface area (Å²) in [6.45, 7) is 2.11. The van der Waals surface area contributed by atoms with Gasteiger partial charge in [-0.15, -0.1) is 12.4 Å². The van der Waals surface area contributed by atoms with Crippen LogP contribution in [0.15, 0.2) is 22.7 Å². The van der Waals surface area contributed by atoms with Crippen molar-refractivity contribution < 1.29 is 5.11 Å². The topological polar surface area (TPSA) is 58.3 Å². The van der Waals surface area contributed by atoms with Crippen molar-refractivity contribution in [3.63, 3.8) is 0 Å². The molecule has 0 unspecified atom stereocenters. The molecule has 17 heavy (non-hydrogen) atoms. The third-order valence-corrected chi connectivity index (χ3v) is 3.88. The summed E-state index contributed by atoms with van der Waals surface area (Å²) in [6, 6.07) is 5.59. The van der Waals surface area contributed by atoms with Crippen LogP contribution in [0, 0.1) is 5.92 Å². The SMILES string of the molecule is Cl.N[C@@H](c1ccc(O)c(Br)c1)C1CCNCC1. The number of halogens is 2. The van der Waals surface area contributed by atoms with Gasteiger partial charge in [-0.2, -0.15) is 0 Å². The summed E-state index contributed by atoms with van der Waals surface area (Å²) in [6.07, 6.45) is 2.25. The van der Waals surface area contributed by atoms with Crippen molar-refractivity contribution in [2.45, 2.75) is 18.9 Å². The van der Waals surface area contributed by atoms with Crippen LogP contribution >= 0.6 is 28.3 Å². The van der Waals surface area contributed by atoms with E-state index in [0.717, 1.165) is 36.0 Å². The molecule has 1 aliphatic heterocycles. The number of aromatic hydroxyl groups is 1. The first-order valence-electron chi connectivity index (χ1n) is 5.63. The second-order valence-electron chi connectivity index (χ2n) is 4.32. The second-order valence-corrected chi connectivity index (χ2v) is 5.18. The molecule has 5 heteroatoms. The van der Waals surface area contributed by atoms with Gasteiger partial charge >= 0.3 is 0 Å². The lowest BCUT2D eigenvalue weighted by Crippen LogP contribution is -2.33. The number of nitrogens with two attached hydrogens (primary N) is 1. The van der Waals surface area contributed by atoms with Crippen molar-refractivity contribution in [1.29, 1.82) is 0 Å². The molecule has 1 fully saturated rings. The minimum absolute atomic E-state index is 0. The van der Waals surface area contributed by atoms with E-state index in [2.05, 4.69) is 21.2 Å². The van der Waals surface area contributed by atoms with Gasteiger partial charge in [0.1, 0.15) is 5.75 Å². The van der Waals surface area contributed by atoms with Crippen LogP contribution in [-0.2, 0) is 0 Å². The number of piperidine rings is 1. The highest BCUT2D eigenvalue weighted by molar-refractivity contribution is 9.10. The van der Waals surface area contributed by atoms with Crippen LogP contribution in [0.2, 0.25) is 0 Å². The third kappa shape index (κ3) is 3.58. The number of phenolic OH excluding ortho intramolecular Hbond substituents is 1. The van der Waals surface area contributed by atoms with Crippen LogP contribution in [0.5, 0.6) is 5.75 Å². The fourth-order valence-electron chi connectivity index (χ4n) is 2.21. The first-order chi connectivity index (χ1) is 7.68. The average Bonchev–Trinajstić information content (AvgIpc) is 2.33. The molecule has 1 saturated heterocycles. The maximum Gasteiger partial charge on any atom is 0.129 e. The van der Waals surface area contributed by atoms with Gasteiger partial charge in [0.05, 0.1) is 4.47 Å². The fourth-order valence-corrected chi connectivity index (χ4v) is 2.60. The molecule has 1 atom stereocenters. The standard InChI is InChI=1S/C12H17BrN2O.ClH/c13-10-7-9(1-2-11(10)16)12(14)8-3-5-15-6-4-8;/h1-2,7-8,12,15-16H,3-6,14H2;1H/t12-;/m1./s1. The normalized spacial score (nSPS) is 18.5. The molecule has 0 saturated carbocycles. The molecule has 3 nitrogen and oxygen atoms in total. The van der Waals surface area contributed by atoms with E-state index >= 15 is 0 Å². The summed E-state index contributed by atoms with van der Waals surface area (Å²) in [4.78, 5) is 0. The Balaban J connectivity index is 0.00000144. The number of rotatable bonds is 2. The maximum atomic E-state index is 9.44. The van der Waals surface area contributed by atoms with E-state index in [0.29, 0.717) is 5.92 Å². The van der Waals surface area contributed by atoms with E-state index in [9.17, 15) is 5.11 Å². The molecule has 0 bridgehead atoms. The highest BCUT2D eigenvalue weighted by Crippen LogP contribution is 2.31. The average molecular weight is 322 g/mol.